The van der Waals surface area contributed by atoms with Crippen molar-refractivity contribution in [3.8, 4) is 0 Å². The van der Waals surface area contributed by atoms with Gasteiger partial charge in [-0.3, -0.25) is 0 Å². The molecule has 1 aromatic carbocycles. The summed E-state index contributed by atoms with van der Waals surface area (Å²) >= 11 is 3.33. The number of aryl methyl sites for hydroxylation is 1. The molecule has 0 spiro atoms. The lowest BCUT2D eigenvalue weighted by atomic mass is 10.2. The van der Waals surface area contributed by atoms with Gasteiger partial charge in [-0.25, -0.2) is 8.42 Å². The highest BCUT2D eigenvalue weighted by atomic mass is 79.9. The van der Waals surface area contributed by atoms with Gasteiger partial charge in [0.05, 0.1) is 4.90 Å². The molecule has 1 aromatic rings. The van der Waals surface area contributed by atoms with Crippen molar-refractivity contribution >= 4 is 26.0 Å². The molecule has 17 heavy (non-hydrogen) atoms. The molecule has 3 nitrogen and oxygen atoms in total. The van der Waals surface area contributed by atoms with Crippen LogP contribution in [-0.2, 0) is 10.0 Å². The van der Waals surface area contributed by atoms with Gasteiger partial charge in [0, 0.05) is 17.6 Å². The lowest BCUT2D eigenvalue weighted by Gasteiger charge is -2.20. The predicted molar refractivity (Wildman–Crippen MR) is 73.6 cm³/mol. The van der Waals surface area contributed by atoms with Crippen LogP contribution >= 0.6 is 15.9 Å². The Hall–Kier alpha value is -0.390. The van der Waals surface area contributed by atoms with Gasteiger partial charge in [-0.05, 0) is 47.0 Å². The average Bonchev–Trinajstić information content (AvgIpc) is 2.24. The number of rotatable bonds is 5. The van der Waals surface area contributed by atoms with E-state index in [0.29, 0.717) is 22.5 Å². The maximum Gasteiger partial charge on any atom is 0.244 e. The molecule has 1 rings (SSSR count). The summed E-state index contributed by atoms with van der Waals surface area (Å²) in [4.78, 5) is 0.346. The lowest BCUT2D eigenvalue weighted by molar-refractivity contribution is 0.427. The monoisotopic (exact) mass is 319 g/mol. The van der Waals surface area contributed by atoms with E-state index in [1.54, 1.807) is 6.07 Å². The first-order valence-corrected chi connectivity index (χ1v) is 7.93. The van der Waals surface area contributed by atoms with Gasteiger partial charge < -0.3 is 0 Å². The fourth-order valence-corrected chi connectivity index (χ4v) is 4.35. The Labute approximate surface area is 112 Å². The SMILES string of the molecule is CCCN(CC)S(=O)(=O)c1ccc(C)cc1Br. The molecule has 0 heterocycles. The van der Waals surface area contributed by atoms with Crippen LogP contribution < -0.4 is 0 Å². The summed E-state index contributed by atoms with van der Waals surface area (Å²) in [6.45, 7) is 6.82. The molecule has 0 radical (unpaired) electrons. The Kier molecular flexibility index (Phi) is 5.16. The van der Waals surface area contributed by atoms with Crippen LogP contribution in [0.25, 0.3) is 0 Å². The molecule has 5 heteroatoms. The van der Waals surface area contributed by atoms with Gasteiger partial charge >= 0.3 is 0 Å². The molecule has 96 valence electrons. The van der Waals surface area contributed by atoms with Gasteiger partial charge in [0.15, 0.2) is 0 Å². The van der Waals surface area contributed by atoms with Crippen LogP contribution in [0.3, 0.4) is 0 Å². The number of nitrogens with zero attached hydrogens (tertiary/aromatic N) is 1. The van der Waals surface area contributed by atoms with E-state index in [1.165, 1.54) is 4.31 Å². The second kappa shape index (κ2) is 5.98. The van der Waals surface area contributed by atoms with E-state index < -0.39 is 10.0 Å². The maximum atomic E-state index is 12.4. The molecule has 0 aliphatic rings. The second-order valence-corrected chi connectivity index (χ2v) is 6.69. The van der Waals surface area contributed by atoms with E-state index in [0.717, 1.165) is 12.0 Å². The van der Waals surface area contributed by atoms with E-state index in [-0.39, 0.29) is 0 Å². The van der Waals surface area contributed by atoms with E-state index >= 15 is 0 Å². The van der Waals surface area contributed by atoms with Gasteiger partial charge in [-0.15, -0.1) is 0 Å². The van der Waals surface area contributed by atoms with Crippen molar-refractivity contribution in [2.24, 2.45) is 0 Å². The summed E-state index contributed by atoms with van der Waals surface area (Å²) in [6, 6.07) is 5.30. The minimum Gasteiger partial charge on any atom is -0.207 e. The van der Waals surface area contributed by atoms with Crippen LogP contribution in [0.2, 0.25) is 0 Å². The van der Waals surface area contributed by atoms with Crippen molar-refractivity contribution in [1.82, 2.24) is 4.31 Å². The normalized spacial score (nSPS) is 12.1. The Morgan fingerprint density at radius 2 is 1.94 bits per heavy atom. The molecular weight excluding hydrogens is 302 g/mol. The molecule has 0 aromatic heterocycles. The molecule has 0 N–H and O–H groups in total. The summed E-state index contributed by atoms with van der Waals surface area (Å²) < 4.78 is 26.9. The van der Waals surface area contributed by atoms with Gasteiger partial charge in [0.25, 0.3) is 0 Å². The van der Waals surface area contributed by atoms with Crippen LogP contribution in [0.1, 0.15) is 25.8 Å². The third kappa shape index (κ3) is 3.30. The first-order valence-electron chi connectivity index (χ1n) is 5.69. The van der Waals surface area contributed by atoms with Crippen molar-refractivity contribution in [2.45, 2.75) is 32.1 Å². The fourth-order valence-electron chi connectivity index (χ4n) is 1.65. The zero-order valence-electron chi connectivity index (χ0n) is 10.4. The first kappa shape index (κ1) is 14.7. The quantitative estimate of drug-likeness (QED) is 0.835. The van der Waals surface area contributed by atoms with Gasteiger partial charge in [0.1, 0.15) is 0 Å². The minimum atomic E-state index is -3.37. The summed E-state index contributed by atoms with van der Waals surface area (Å²) in [5.41, 5.74) is 1.04. The van der Waals surface area contributed by atoms with E-state index in [4.69, 9.17) is 0 Å². The Bertz CT molecular complexity index is 485. The van der Waals surface area contributed by atoms with Crippen molar-refractivity contribution < 1.29 is 8.42 Å². The zero-order valence-corrected chi connectivity index (χ0v) is 12.8. The summed E-state index contributed by atoms with van der Waals surface area (Å²) in [7, 11) is -3.37. The summed E-state index contributed by atoms with van der Waals surface area (Å²) in [5.74, 6) is 0. The predicted octanol–water partition coefficient (Wildman–Crippen LogP) is 3.18. The van der Waals surface area contributed by atoms with Crippen molar-refractivity contribution in [3.63, 3.8) is 0 Å². The lowest BCUT2D eigenvalue weighted by Crippen LogP contribution is -2.31. The molecule has 0 amide bonds. The molecular formula is C12H18BrNO2S. The van der Waals surface area contributed by atoms with Crippen LogP contribution in [0.15, 0.2) is 27.6 Å². The molecule has 0 atom stereocenters. The number of halogens is 1. The van der Waals surface area contributed by atoms with Crippen molar-refractivity contribution in [3.05, 3.63) is 28.2 Å². The zero-order chi connectivity index (χ0) is 13.1. The van der Waals surface area contributed by atoms with Crippen molar-refractivity contribution in [1.29, 1.82) is 0 Å². The van der Waals surface area contributed by atoms with E-state index in [1.807, 2.05) is 32.9 Å². The molecule has 0 fully saturated rings. The van der Waals surface area contributed by atoms with Crippen molar-refractivity contribution in [2.75, 3.05) is 13.1 Å². The molecule has 0 saturated carbocycles. The third-order valence-electron chi connectivity index (χ3n) is 2.53. The summed E-state index contributed by atoms with van der Waals surface area (Å²) in [5, 5.41) is 0. The standard InChI is InChI=1S/C12H18BrNO2S/c1-4-8-14(5-2)17(15,16)12-7-6-10(3)9-11(12)13/h6-7,9H,4-5,8H2,1-3H3. The average molecular weight is 320 g/mol. The molecule has 0 unspecified atom stereocenters. The van der Waals surface area contributed by atoms with E-state index in [2.05, 4.69) is 15.9 Å². The smallest absolute Gasteiger partial charge is 0.207 e. The van der Waals surface area contributed by atoms with Gasteiger partial charge in [0.2, 0.25) is 10.0 Å². The highest BCUT2D eigenvalue weighted by molar-refractivity contribution is 9.10. The van der Waals surface area contributed by atoms with Crippen LogP contribution in [0.5, 0.6) is 0 Å². The van der Waals surface area contributed by atoms with Crippen LogP contribution in [0.4, 0.5) is 0 Å². The van der Waals surface area contributed by atoms with Crippen LogP contribution in [0, 0.1) is 6.92 Å². The molecule has 0 aliphatic carbocycles. The molecule has 0 bridgehead atoms. The number of benzene rings is 1. The number of hydrogen-bond donors (Lipinski definition) is 0. The second-order valence-electron chi connectivity index (χ2n) is 3.93. The number of hydrogen-bond acceptors (Lipinski definition) is 2. The first-order chi connectivity index (χ1) is 7.93. The molecule has 0 aliphatic heterocycles. The summed E-state index contributed by atoms with van der Waals surface area (Å²) in [6.07, 6.45) is 0.816. The Balaban J connectivity index is 3.20. The van der Waals surface area contributed by atoms with E-state index in [9.17, 15) is 8.42 Å². The van der Waals surface area contributed by atoms with Gasteiger partial charge in [-0.1, -0.05) is 19.9 Å². The highest BCUT2D eigenvalue weighted by Gasteiger charge is 2.24. The largest absolute Gasteiger partial charge is 0.244 e. The minimum absolute atomic E-state index is 0.346. The third-order valence-corrected chi connectivity index (χ3v) is 5.48. The molecule has 0 saturated heterocycles. The fraction of sp³-hybridized carbons (Fsp3) is 0.500. The number of sulfonamides is 1. The van der Waals surface area contributed by atoms with Crippen LogP contribution in [-0.4, -0.2) is 25.8 Å². The Morgan fingerprint density at radius 3 is 2.41 bits per heavy atom. The topological polar surface area (TPSA) is 37.4 Å². The van der Waals surface area contributed by atoms with Gasteiger partial charge in [-0.2, -0.15) is 4.31 Å². The Morgan fingerprint density at radius 1 is 1.29 bits per heavy atom. The maximum absolute atomic E-state index is 12.4. The highest BCUT2D eigenvalue weighted by Crippen LogP contribution is 2.26.